The van der Waals surface area contributed by atoms with Crippen LogP contribution in [-0.4, -0.2) is 69.8 Å². The topological polar surface area (TPSA) is 81.3 Å². The van der Waals surface area contributed by atoms with Crippen molar-refractivity contribution in [3.8, 4) is 11.1 Å². The fraction of sp³-hybridized carbons (Fsp3) is 0.269. The highest BCUT2D eigenvalue weighted by Crippen LogP contribution is 2.30. The summed E-state index contributed by atoms with van der Waals surface area (Å²) in [7, 11) is 0. The lowest BCUT2D eigenvalue weighted by Crippen LogP contribution is -2.62. The molecule has 0 bridgehead atoms. The van der Waals surface area contributed by atoms with Gasteiger partial charge in [-0.25, -0.2) is 9.37 Å². The minimum absolute atomic E-state index is 0.00128. The summed E-state index contributed by atoms with van der Waals surface area (Å²) >= 11 is 1.43. The van der Waals surface area contributed by atoms with Crippen molar-refractivity contribution in [2.24, 2.45) is 0 Å². The molecule has 6 rings (SSSR count). The summed E-state index contributed by atoms with van der Waals surface area (Å²) in [6.07, 6.45) is 2.75. The normalized spacial score (nSPS) is 18.3. The van der Waals surface area contributed by atoms with Crippen LogP contribution in [0.3, 0.4) is 0 Å². The molecule has 35 heavy (non-hydrogen) atoms. The van der Waals surface area contributed by atoms with Crippen molar-refractivity contribution in [1.82, 2.24) is 25.1 Å². The van der Waals surface area contributed by atoms with E-state index in [1.807, 2.05) is 40.3 Å². The second-order valence-electron chi connectivity index (χ2n) is 9.16. The number of hydrogen-bond acceptors (Lipinski definition) is 5. The predicted molar refractivity (Wildman–Crippen MR) is 133 cm³/mol. The number of aromatic nitrogens is 2. The van der Waals surface area contributed by atoms with E-state index in [1.54, 1.807) is 17.0 Å². The molecule has 9 heteroatoms. The number of thiazole rings is 1. The van der Waals surface area contributed by atoms with Crippen molar-refractivity contribution in [1.29, 1.82) is 0 Å². The molecule has 7 nitrogen and oxygen atoms in total. The van der Waals surface area contributed by atoms with Gasteiger partial charge >= 0.3 is 0 Å². The summed E-state index contributed by atoms with van der Waals surface area (Å²) in [6.45, 7) is 2.68. The standard InChI is InChI=1S/C26H24FN5O2S/c27-18-3-1-2-16(8-18)22-10-28-23-9-17(4-5-21(22)23)25(33)32-12-20(13-32)30-19-6-7-31(11-19)26(34)24-14-35-15-29-24/h1-5,8-10,14-15,19-20,28,30H,6-7,11-13H2/t19-/m0/s1. The number of aromatic amines is 1. The van der Waals surface area contributed by atoms with E-state index in [-0.39, 0.29) is 29.7 Å². The molecule has 1 atom stereocenters. The van der Waals surface area contributed by atoms with Gasteiger partial charge in [0.2, 0.25) is 0 Å². The van der Waals surface area contributed by atoms with Crippen molar-refractivity contribution >= 4 is 34.1 Å². The van der Waals surface area contributed by atoms with Crippen LogP contribution in [0.4, 0.5) is 4.39 Å². The third-order valence-electron chi connectivity index (χ3n) is 6.83. The first-order chi connectivity index (χ1) is 17.0. The monoisotopic (exact) mass is 489 g/mol. The van der Waals surface area contributed by atoms with Crippen LogP contribution < -0.4 is 5.32 Å². The molecule has 2 saturated heterocycles. The SMILES string of the molecule is O=C(c1ccc2c(-c3cccc(F)c3)c[nH]c2c1)N1CC(N[C@H]2CCN(C(=O)c3cscn3)C2)C1. The molecule has 0 unspecified atom stereocenters. The van der Waals surface area contributed by atoms with Gasteiger partial charge in [0.25, 0.3) is 11.8 Å². The van der Waals surface area contributed by atoms with Gasteiger partial charge in [-0.15, -0.1) is 11.3 Å². The zero-order valence-corrected chi connectivity index (χ0v) is 19.7. The van der Waals surface area contributed by atoms with Gasteiger partial charge in [-0.3, -0.25) is 9.59 Å². The molecular weight excluding hydrogens is 465 g/mol. The molecule has 2 aliphatic heterocycles. The van der Waals surface area contributed by atoms with Crippen LogP contribution in [0.5, 0.6) is 0 Å². The van der Waals surface area contributed by atoms with Gasteiger partial charge in [0.1, 0.15) is 11.5 Å². The van der Waals surface area contributed by atoms with Gasteiger partial charge < -0.3 is 20.1 Å². The highest BCUT2D eigenvalue weighted by molar-refractivity contribution is 7.07. The average molecular weight is 490 g/mol. The number of benzene rings is 2. The quantitative estimate of drug-likeness (QED) is 0.447. The van der Waals surface area contributed by atoms with E-state index in [2.05, 4.69) is 15.3 Å². The Morgan fingerprint density at radius 1 is 1.06 bits per heavy atom. The maximum Gasteiger partial charge on any atom is 0.273 e. The molecular formula is C26H24FN5O2S. The van der Waals surface area contributed by atoms with Crippen LogP contribution in [-0.2, 0) is 0 Å². The number of nitrogens with zero attached hydrogens (tertiary/aromatic N) is 3. The highest BCUT2D eigenvalue weighted by atomic mass is 32.1. The van der Waals surface area contributed by atoms with Crippen LogP contribution in [0.2, 0.25) is 0 Å². The lowest BCUT2D eigenvalue weighted by atomic mass is 10.0. The Morgan fingerprint density at radius 2 is 1.91 bits per heavy atom. The maximum atomic E-state index is 13.7. The van der Waals surface area contributed by atoms with Gasteiger partial charge in [-0.1, -0.05) is 18.2 Å². The highest BCUT2D eigenvalue weighted by Gasteiger charge is 2.35. The van der Waals surface area contributed by atoms with E-state index in [9.17, 15) is 14.0 Å². The Kier molecular flexibility index (Phi) is 5.58. The minimum Gasteiger partial charge on any atom is -0.361 e. The van der Waals surface area contributed by atoms with Crippen LogP contribution in [0.25, 0.3) is 22.0 Å². The molecule has 2 aromatic carbocycles. The van der Waals surface area contributed by atoms with Crippen LogP contribution >= 0.6 is 11.3 Å². The second-order valence-corrected chi connectivity index (χ2v) is 9.88. The molecule has 2 amide bonds. The number of rotatable bonds is 5. The summed E-state index contributed by atoms with van der Waals surface area (Å²) in [5.41, 5.74) is 5.37. The van der Waals surface area contributed by atoms with Crippen LogP contribution in [0.1, 0.15) is 27.3 Å². The van der Waals surface area contributed by atoms with Gasteiger partial charge in [0.15, 0.2) is 0 Å². The minimum atomic E-state index is -0.277. The molecule has 2 aromatic heterocycles. The fourth-order valence-electron chi connectivity index (χ4n) is 4.98. The Labute approximate surface area is 205 Å². The number of carbonyl (C=O) groups is 2. The summed E-state index contributed by atoms with van der Waals surface area (Å²) in [4.78, 5) is 36.5. The second kappa shape index (κ2) is 8.90. The van der Waals surface area contributed by atoms with E-state index in [0.717, 1.165) is 35.0 Å². The lowest BCUT2D eigenvalue weighted by Gasteiger charge is -2.41. The average Bonchev–Trinajstić information content (AvgIpc) is 3.61. The number of carbonyl (C=O) groups excluding carboxylic acids is 2. The molecule has 4 heterocycles. The van der Waals surface area contributed by atoms with Crippen molar-refractivity contribution in [2.45, 2.75) is 18.5 Å². The Bertz CT molecular complexity index is 1400. The van der Waals surface area contributed by atoms with Crippen LogP contribution in [0.15, 0.2) is 59.6 Å². The first-order valence-corrected chi connectivity index (χ1v) is 12.6. The number of fused-ring (bicyclic) bond motifs is 1. The molecule has 2 fully saturated rings. The van der Waals surface area contributed by atoms with E-state index >= 15 is 0 Å². The zero-order valence-electron chi connectivity index (χ0n) is 18.9. The Balaban J connectivity index is 1.05. The number of likely N-dealkylation sites (tertiary alicyclic amines) is 2. The number of amides is 2. The Morgan fingerprint density at radius 3 is 2.71 bits per heavy atom. The summed E-state index contributed by atoms with van der Waals surface area (Å²) in [5, 5.41) is 6.33. The number of hydrogen-bond donors (Lipinski definition) is 2. The molecule has 2 aliphatic rings. The summed E-state index contributed by atoms with van der Waals surface area (Å²) in [5.74, 6) is -0.291. The van der Waals surface area contributed by atoms with Gasteiger partial charge in [0, 0.05) is 71.9 Å². The third kappa shape index (κ3) is 4.21. The molecule has 0 aliphatic carbocycles. The molecule has 0 radical (unpaired) electrons. The molecule has 4 aromatic rings. The third-order valence-corrected chi connectivity index (χ3v) is 7.42. The number of H-pyrrole nitrogens is 1. The van der Waals surface area contributed by atoms with Crippen molar-refractivity contribution in [3.63, 3.8) is 0 Å². The predicted octanol–water partition coefficient (Wildman–Crippen LogP) is 3.76. The largest absolute Gasteiger partial charge is 0.361 e. The Hall–Kier alpha value is -3.56. The molecule has 0 spiro atoms. The van der Waals surface area contributed by atoms with Gasteiger partial charge in [-0.2, -0.15) is 0 Å². The zero-order chi connectivity index (χ0) is 23.9. The van der Waals surface area contributed by atoms with E-state index in [0.29, 0.717) is 30.9 Å². The lowest BCUT2D eigenvalue weighted by molar-refractivity contribution is 0.0553. The van der Waals surface area contributed by atoms with Crippen molar-refractivity contribution in [2.75, 3.05) is 26.2 Å². The van der Waals surface area contributed by atoms with E-state index in [1.165, 1.54) is 23.5 Å². The van der Waals surface area contributed by atoms with Gasteiger partial charge in [-0.05, 0) is 36.2 Å². The van der Waals surface area contributed by atoms with E-state index < -0.39 is 0 Å². The fourth-order valence-corrected chi connectivity index (χ4v) is 5.51. The van der Waals surface area contributed by atoms with Crippen molar-refractivity contribution in [3.05, 3.63) is 76.6 Å². The smallest absolute Gasteiger partial charge is 0.273 e. The first kappa shape index (κ1) is 21.9. The summed E-state index contributed by atoms with van der Waals surface area (Å²) < 4.78 is 13.7. The summed E-state index contributed by atoms with van der Waals surface area (Å²) in [6, 6.07) is 12.6. The molecule has 0 saturated carbocycles. The number of halogens is 1. The number of nitrogens with one attached hydrogen (secondary N) is 2. The first-order valence-electron chi connectivity index (χ1n) is 11.6. The van der Waals surface area contributed by atoms with Crippen LogP contribution in [0, 0.1) is 5.82 Å². The van der Waals surface area contributed by atoms with Gasteiger partial charge in [0.05, 0.1) is 5.51 Å². The molecule has 178 valence electrons. The van der Waals surface area contributed by atoms with E-state index in [4.69, 9.17) is 0 Å². The van der Waals surface area contributed by atoms with Crippen molar-refractivity contribution < 1.29 is 14.0 Å². The maximum absolute atomic E-state index is 13.7. The molecule has 2 N–H and O–H groups in total.